The number of rotatable bonds is 6. The lowest BCUT2D eigenvalue weighted by molar-refractivity contribution is 0.658. The highest BCUT2D eigenvalue weighted by atomic mass is 15.1. The van der Waals surface area contributed by atoms with Crippen molar-refractivity contribution < 1.29 is 0 Å². The summed E-state index contributed by atoms with van der Waals surface area (Å²) in [7, 11) is 0. The summed E-state index contributed by atoms with van der Waals surface area (Å²) in [6.07, 6.45) is 7.33. The Labute approximate surface area is 84.2 Å². The second-order valence-corrected chi connectivity index (χ2v) is 3.58. The molecule has 0 radical (unpaired) electrons. The maximum atomic E-state index is 4.08. The number of nitrogens with one attached hydrogen (secondary N) is 2. The number of aromatic nitrogens is 2. The summed E-state index contributed by atoms with van der Waals surface area (Å²) in [6, 6.07) is 2.63. The van der Waals surface area contributed by atoms with Crippen molar-refractivity contribution in [3.05, 3.63) is 18.5 Å². The first-order chi connectivity index (χ1) is 6.95. The summed E-state index contributed by atoms with van der Waals surface area (Å²) in [5, 5.41) is 6.64. The normalized spacial score (nSPS) is 15.4. The van der Waals surface area contributed by atoms with Gasteiger partial charge in [0.15, 0.2) is 0 Å². The first-order valence-corrected chi connectivity index (χ1v) is 5.19. The van der Waals surface area contributed by atoms with E-state index >= 15 is 0 Å². The lowest BCUT2D eigenvalue weighted by Crippen LogP contribution is -2.20. The molecule has 1 aliphatic rings. The first-order valence-electron chi connectivity index (χ1n) is 5.19. The number of anilines is 1. The van der Waals surface area contributed by atoms with E-state index in [1.54, 1.807) is 12.4 Å². The molecule has 76 valence electrons. The van der Waals surface area contributed by atoms with Crippen LogP contribution < -0.4 is 10.6 Å². The second kappa shape index (κ2) is 4.91. The second-order valence-electron chi connectivity index (χ2n) is 3.58. The molecular weight excluding hydrogens is 176 g/mol. The van der Waals surface area contributed by atoms with Crippen LogP contribution in [0.3, 0.4) is 0 Å². The third-order valence-electron chi connectivity index (χ3n) is 2.21. The van der Waals surface area contributed by atoms with E-state index in [9.17, 15) is 0 Å². The summed E-state index contributed by atoms with van der Waals surface area (Å²) in [5.41, 5.74) is 0. The predicted octanol–water partition coefficient (Wildman–Crippen LogP) is 1.03. The van der Waals surface area contributed by atoms with Crippen molar-refractivity contribution in [3.8, 4) is 0 Å². The summed E-state index contributed by atoms with van der Waals surface area (Å²) in [6.45, 7) is 2.02. The van der Waals surface area contributed by atoms with Crippen molar-refractivity contribution in [2.75, 3.05) is 18.4 Å². The van der Waals surface area contributed by atoms with E-state index in [-0.39, 0.29) is 0 Å². The maximum Gasteiger partial charge on any atom is 0.222 e. The monoisotopic (exact) mass is 192 g/mol. The van der Waals surface area contributed by atoms with Crippen LogP contribution in [0.5, 0.6) is 0 Å². The summed E-state index contributed by atoms with van der Waals surface area (Å²) < 4.78 is 0. The molecule has 4 heteroatoms. The van der Waals surface area contributed by atoms with Gasteiger partial charge < -0.3 is 10.6 Å². The molecule has 0 aliphatic heterocycles. The van der Waals surface area contributed by atoms with Crippen LogP contribution in [0.4, 0.5) is 5.95 Å². The van der Waals surface area contributed by atoms with E-state index in [1.165, 1.54) is 12.8 Å². The number of hydrogen-bond donors (Lipinski definition) is 2. The molecule has 2 N–H and O–H groups in total. The zero-order valence-electron chi connectivity index (χ0n) is 8.24. The van der Waals surface area contributed by atoms with E-state index < -0.39 is 0 Å². The van der Waals surface area contributed by atoms with Gasteiger partial charge in [0.25, 0.3) is 0 Å². The van der Waals surface area contributed by atoms with E-state index in [0.29, 0.717) is 0 Å². The highest BCUT2D eigenvalue weighted by molar-refractivity contribution is 5.21. The molecule has 1 fully saturated rings. The molecule has 0 saturated heterocycles. The molecule has 0 amide bonds. The quantitative estimate of drug-likeness (QED) is 0.661. The Morgan fingerprint density at radius 3 is 2.71 bits per heavy atom. The van der Waals surface area contributed by atoms with Gasteiger partial charge in [-0.25, -0.2) is 9.97 Å². The number of nitrogens with zero attached hydrogens (tertiary/aromatic N) is 2. The van der Waals surface area contributed by atoms with Crippen molar-refractivity contribution in [3.63, 3.8) is 0 Å². The van der Waals surface area contributed by atoms with Crippen molar-refractivity contribution >= 4 is 5.95 Å². The molecule has 1 aliphatic carbocycles. The van der Waals surface area contributed by atoms with Crippen LogP contribution in [0, 0.1) is 0 Å². The van der Waals surface area contributed by atoms with E-state index in [4.69, 9.17) is 0 Å². The van der Waals surface area contributed by atoms with Crippen LogP contribution in [-0.4, -0.2) is 29.1 Å². The molecule has 0 bridgehead atoms. The fourth-order valence-corrected chi connectivity index (χ4v) is 1.27. The first kappa shape index (κ1) is 9.40. The SMILES string of the molecule is c1cnc(NCCCNC2CC2)nc1. The maximum absolute atomic E-state index is 4.08. The Balaban J connectivity index is 1.54. The van der Waals surface area contributed by atoms with Gasteiger partial charge in [-0.15, -0.1) is 0 Å². The molecule has 1 aromatic rings. The Hall–Kier alpha value is -1.16. The van der Waals surface area contributed by atoms with Gasteiger partial charge in [-0.1, -0.05) is 0 Å². The predicted molar refractivity (Wildman–Crippen MR) is 56.2 cm³/mol. The molecule has 1 aromatic heterocycles. The Kier molecular flexibility index (Phi) is 3.29. The Morgan fingerprint density at radius 1 is 1.21 bits per heavy atom. The van der Waals surface area contributed by atoms with Gasteiger partial charge >= 0.3 is 0 Å². The van der Waals surface area contributed by atoms with Crippen LogP contribution in [0.2, 0.25) is 0 Å². The van der Waals surface area contributed by atoms with Gasteiger partial charge in [-0.05, 0) is 31.9 Å². The summed E-state index contributed by atoms with van der Waals surface area (Å²) in [5.74, 6) is 0.721. The van der Waals surface area contributed by atoms with E-state index in [2.05, 4.69) is 20.6 Å². The van der Waals surface area contributed by atoms with Crippen LogP contribution in [0.15, 0.2) is 18.5 Å². The van der Waals surface area contributed by atoms with Crippen molar-refractivity contribution in [2.45, 2.75) is 25.3 Å². The highest BCUT2D eigenvalue weighted by Crippen LogP contribution is 2.18. The van der Waals surface area contributed by atoms with Gasteiger partial charge in [-0.3, -0.25) is 0 Å². The van der Waals surface area contributed by atoms with Gasteiger partial charge in [0, 0.05) is 25.0 Å². The molecule has 0 unspecified atom stereocenters. The zero-order chi connectivity index (χ0) is 9.64. The third-order valence-corrected chi connectivity index (χ3v) is 2.21. The number of hydrogen-bond acceptors (Lipinski definition) is 4. The summed E-state index contributed by atoms with van der Waals surface area (Å²) >= 11 is 0. The minimum atomic E-state index is 0.721. The topological polar surface area (TPSA) is 49.8 Å². The molecule has 1 heterocycles. The average Bonchev–Trinajstić information content (AvgIpc) is 3.03. The third kappa shape index (κ3) is 3.30. The minimum absolute atomic E-state index is 0.721. The van der Waals surface area contributed by atoms with E-state index in [0.717, 1.165) is 31.5 Å². The van der Waals surface area contributed by atoms with Gasteiger partial charge in [0.2, 0.25) is 5.95 Å². The molecule has 4 nitrogen and oxygen atoms in total. The lowest BCUT2D eigenvalue weighted by Gasteiger charge is -2.04. The highest BCUT2D eigenvalue weighted by Gasteiger charge is 2.19. The van der Waals surface area contributed by atoms with Crippen molar-refractivity contribution in [1.29, 1.82) is 0 Å². The van der Waals surface area contributed by atoms with Gasteiger partial charge in [0.05, 0.1) is 0 Å². The molecule has 0 spiro atoms. The average molecular weight is 192 g/mol. The minimum Gasteiger partial charge on any atom is -0.354 e. The molecular formula is C10H16N4. The van der Waals surface area contributed by atoms with Crippen LogP contribution in [0.1, 0.15) is 19.3 Å². The summed E-state index contributed by atoms with van der Waals surface area (Å²) in [4.78, 5) is 8.16. The lowest BCUT2D eigenvalue weighted by atomic mass is 10.4. The Morgan fingerprint density at radius 2 is 2.00 bits per heavy atom. The van der Waals surface area contributed by atoms with Crippen LogP contribution >= 0.6 is 0 Å². The van der Waals surface area contributed by atoms with Crippen LogP contribution in [0.25, 0.3) is 0 Å². The molecule has 14 heavy (non-hydrogen) atoms. The molecule has 0 aromatic carbocycles. The fraction of sp³-hybridized carbons (Fsp3) is 0.600. The molecule has 2 rings (SSSR count). The van der Waals surface area contributed by atoms with Crippen molar-refractivity contribution in [1.82, 2.24) is 15.3 Å². The fourth-order valence-electron chi connectivity index (χ4n) is 1.27. The van der Waals surface area contributed by atoms with E-state index in [1.807, 2.05) is 6.07 Å². The molecule has 0 atom stereocenters. The molecule has 1 saturated carbocycles. The standard InChI is InChI=1S/C10H16N4/c1(5-11-9-3-4-9)6-12-10-13-7-2-8-14-10/h2,7-9,11H,1,3-6H2,(H,12,13,14). The van der Waals surface area contributed by atoms with Gasteiger partial charge in [-0.2, -0.15) is 0 Å². The van der Waals surface area contributed by atoms with Crippen LogP contribution in [-0.2, 0) is 0 Å². The largest absolute Gasteiger partial charge is 0.354 e. The zero-order valence-corrected chi connectivity index (χ0v) is 8.24. The Bertz CT molecular complexity index is 258. The van der Waals surface area contributed by atoms with Crippen molar-refractivity contribution in [2.24, 2.45) is 0 Å². The smallest absolute Gasteiger partial charge is 0.222 e. The van der Waals surface area contributed by atoms with Gasteiger partial charge in [0.1, 0.15) is 0 Å².